The first kappa shape index (κ1) is 15.2. The fourth-order valence-corrected chi connectivity index (χ4v) is 1.94. The fourth-order valence-electron chi connectivity index (χ4n) is 1.94. The lowest BCUT2D eigenvalue weighted by molar-refractivity contribution is 0.0345. The molecule has 1 rings (SSSR count). The maximum absolute atomic E-state index is 9.97. The maximum Gasteiger partial charge on any atom is 0.102 e. The Morgan fingerprint density at radius 2 is 1.78 bits per heavy atom. The lowest BCUT2D eigenvalue weighted by atomic mass is 10.0. The number of hydrogen-bond acceptors (Lipinski definition) is 2. The van der Waals surface area contributed by atoms with E-state index >= 15 is 0 Å². The van der Waals surface area contributed by atoms with Gasteiger partial charge in [-0.1, -0.05) is 57.4 Å². The van der Waals surface area contributed by atoms with Gasteiger partial charge in [0.1, 0.15) is 6.10 Å². The highest BCUT2D eigenvalue weighted by atomic mass is 16.5. The third-order valence-electron chi connectivity index (χ3n) is 3.07. The van der Waals surface area contributed by atoms with Crippen molar-refractivity contribution in [3.63, 3.8) is 0 Å². The zero-order valence-corrected chi connectivity index (χ0v) is 11.7. The van der Waals surface area contributed by atoms with Crippen molar-refractivity contribution >= 4 is 0 Å². The van der Waals surface area contributed by atoms with Gasteiger partial charge in [-0.15, -0.1) is 0 Å². The molecule has 0 radical (unpaired) electrons. The molecular weight excluding hydrogens is 224 g/mol. The van der Waals surface area contributed by atoms with E-state index in [4.69, 9.17) is 4.74 Å². The van der Waals surface area contributed by atoms with Crippen LogP contribution in [0.3, 0.4) is 0 Å². The topological polar surface area (TPSA) is 29.5 Å². The monoisotopic (exact) mass is 250 g/mol. The highest BCUT2D eigenvalue weighted by molar-refractivity contribution is 5.24. The molecular formula is C16H26O2. The van der Waals surface area contributed by atoms with E-state index in [2.05, 4.69) is 26.0 Å². The molecule has 0 heterocycles. The summed E-state index contributed by atoms with van der Waals surface area (Å²) < 4.78 is 5.48. The van der Waals surface area contributed by atoms with Crippen LogP contribution in [0.2, 0.25) is 0 Å². The lowest BCUT2D eigenvalue weighted by Crippen LogP contribution is -2.08. The summed E-state index contributed by atoms with van der Waals surface area (Å²) in [6.45, 7) is 5.50. The first-order chi connectivity index (χ1) is 8.77. The van der Waals surface area contributed by atoms with Gasteiger partial charge in [-0.2, -0.15) is 0 Å². The molecule has 1 unspecified atom stereocenters. The summed E-state index contributed by atoms with van der Waals surface area (Å²) in [5.74, 6) is 0. The number of hydrogen-bond donors (Lipinski definition) is 1. The third-order valence-corrected chi connectivity index (χ3v) is 3.07. The second kappa shape index (κ2) is 9.12. The number of aliphatic hydroxyl groups is 1. The molecule has 0 aliphatic rings. The van der Waals surface area contributed by atoms with E-state index in [1.165, 1.54) is 18.4 Å². The van der Waals surface area contributed by atoms with Crippen molar-refractivity contribution < 1.29 is 9.84 Å². The van der Waals surface area contributed by atoms with Gasteiger partial charge in [0.2, 0.25) is 0 Å². The van der Waals surface area contributed by atoms with E-state index in [0.29, 0.717) is 6.61 Å². The van der Waals surface area contributed by atoms with Crippen LogP contribution < -0.4 is 0 Å². The number of aryl methyl sites for hydroxylation is 1. The molecule has 2 heteroatoms. The molecule has 2 nitrogen and oxygen atoms in total. The Kier molecular flexibility index (Phi) is 7.70. The molecule has 18 heavy (non-hydrogen) atoms. The zero-order chi connectivity index (χ0) is 13.2. The van der Waals surface area contributed by atoms with Gasteiger partial charge in [0.25, 0.3) is 0 Å². The van der Waals surface area contributed by atoms with Crippen LogP contribution in [0.5, 0.6) is 0 Å². The number of rotatable bonds is 9. The van der Waals surface area contributed by atoms with Crippen molar-refractivity contribution in [2.24, 2.45) is 0 Å². The van der Waals surface area contributed by atoms with Crippen molar-refractivity contribution in [3.8, 4) is 0 Å². The normalized spacial score (nSPS) is 12.6. The molecule has 0 fully saturated rings. The van der Waals surface area contributed by atoms with Gasteiger partial charge < -0.3 is 9.84 Å². The molecule has 0 spiro atoms. The largest absolute Gasteiger partial charge is 0.386 e. The Morgan fingerprint density at radius 3 is 2.39 bits per heavy atom. The molecule has 0 saturated heterocycles. The molecule has 1 atom stereocenters. The van der Waals surface area contributed by atoms with Crippen LogP contribution in [0, 0.1) is 0 Å². The Morgan fingerprint density at radius 1 is 1.06 bits per heavy atom. The van der Waals surface area contributed by atoms with Gasteiger partial charge in [0.15, 0.2) is 0 Å². The molecule has 1 aromatic rings. The van der Waals surface area contributed by atoms with Crippen LogP contribution in [0.1, 0.15) is 56.8 Å². The van der Waals surface area contributed by atoms with Gasteiger partial charge in [-0.05, 0) is 24.0 Å². The van der Waals surface area contributed by atoms with Crippen LogP contribution >= 0.6 is 0 Å². The van der Waals surface area contributed by atoms with Gasteiger partial charge in [-0.25, -0.2) is 0 Å². The minimum Gasteiger partial charge on any atom is -0.386 e. The lowest BCUT2D eigenvalue weighted by Gasteiger charge is -2.12. The van der Waals surface area contributed by atoms with Crippen molar-refractivity contribution in [3.05, 3.63) is 35.4 Å². The van der Waals surface area contributed by atoms with Gasteiger partial charge in [0, 0.05) is 6.61 Å². The first-order valence-corrected chi connectivity index (χ1v) is 7.12. The highest BCUT2D eigenvalue weighted by Crippen LogP contribution is 2.15. The Hall–Kier alpha value is -0.860. The quantitative estimate of drug-likeness (QED) is 0.674. The highest BCUT2D eigenvalue weighted by Gasteiger charge is 2.07. The number of ether oxygens (including phenoxy) is 1. The first-order valence-electron chi connectivity index (χ1n) is 7.12. The zero-order valence-electron chi connectivity index (χ0n) is 11.7. The standard InChI is InChI=1S/C16H26O2/c1-3-5-6-12-18-13-16(17)15-10-8-14(7-4-2)9-11-15/h8-11,16-17H,3-7,12-13H2,1-2H3. The van der Waals surface area contributed by atoms with Crippen LogP contribution in [-0.2, 0) is 11.2 Å². The van der Waals surface area contributed by atoms with Crippen LogP contribution in [-0.4, -0.2) is 18.3 Å². The summed E-state index contributed by atoms with van der Waals surface area (Å²) in [6, 6.07) is 8.20. The molecule has 1 N–H and O–H groups in total. The molecule has 0 saturated carbocycles. The molecule has 0 aliphatic heterocycles. The second-order valence-electron chi connectivity index (χ2n) is 4.79. The summed E-state index contributed by atoms with van der Waals surface area (Å²) >= 11 is 0. The summed E-state index contributed by atoms with van der Waals surface area (Å²) in [5, 5.41) is 9.97. The van der Waals surface area contributed by atoms with Gasteiger partial charge in [0.05, 0.1) is 6.61 Å². The Balaban J connectivity index is 2.30. The molecule has 0 aromatic heterocycles. The predicted octanol–water partition coefficient (Wildman–Crippen LogP) is 3.88. The molecule has 102 valence electrons. The predicted molar refractivity (Wildman–Crippen MR) is 75.7 cm³/mol. The summed E-state index contributed by atoms with van der Waals surface area (Å²) in [4.78, 5) is 0. The van der Waals surface area contributed by atoms with Crippen molar-refractivity contribution in [1.29, 1.82) is 0 Å². The van der Waals surface area contributed by atoms with Gasteiger partial charge in [-0.3, -0.25) is 0 Å². The number of benzene rings is 1. The second-order valence-corrected chi connectivity index (χ2v) is 4.79. The fraction of sp³-hybridized carbons (Fsp3) is 0.625. The SMILES string of the molecule is CCCCCOCC(O)c1ccc(CCC)cc1. The van der Waals surface area contributed by atoms with E-state index in [-0.39, 0.29) is 0 Å². The average molecular weight is 250 g/mol. The minimum absolute atomic E-state index is 0.400. The van der Waals surface area contributed by atoms with Gasteiger partial charge >= 0.3 is 0 Å². The van der Waals surface area contributed by atoms with E-state index in [0.717, 1.165) is 31.4 Å². The van der Waals surface area contributed by atoms with Crippen molar-refractivity contribution in [2.75, 3.05) is 13.2 Å². The number of unbranched alkanes of at least 4 members (excludes halogenated alkanes) is 2. The smallest absolute Gasteiger partial charge is 0.102 e. The maximum atomic E-state index is 9.97. The van der Waals surface area contributed by atoms with E-state index in [1.54, 1.807) is 0 Å². The Labute approximate surface area is 111 Å². The van der Waals surface area contributed by atoms with Crippen LogP contribution in [0.4, 0.5) is 0 Å². The molecule has 0 aliphatic carbocycles. The van der Waals surface area contributed by atoms with Crippen LogP contribution in [0.25, 0.3) is 0 Å². The molecule has 0 amide bonds. The molecule has 1 aromatic carbocycles. The summed E-state index contributed by atoms with van der Waals surface area (Å²) in [5.41, 5.74) is 2.28. The minimum atomic E-state index is -0.498. The van der Waals surface area contributed by atoms with Crippen molar-refractivity contribution in [1.82, 2.24) is 0 Å². The van der Waals surface area contributed by atoms with E-state index in [9.17, 15) is 5.11 Å². The van der Waals surface area contributed by atoms with Crippen LogP contribution in [0.15, 0.2) is 24.3 Å². The molecule has 0 bridgehead atoms. The number of aliphatic hydroxyl groups excluding tert-OH is 1. The third kappa shape index (κ3) is 5.65. The van der Waals surface area contributed by atoms with E-state index < -0.39 is 6.10 Å². The Bertz CT molecular complexity index is 305. The summed E-state index contributed by atoms with van der Waals surface area (Å²) in [7, 11) is 0. The van der Waals surface area contributed by atoms with Crippen molar-refractivity contribution in [2.45, 2.75) is 52.1 Å². The summed E-state index contributed by atoms with van der Waals surface area (Å²) in [6.07, 6.45) is 5.24. The van der Waals surface area contributed by atoms with E-state index in [1.807, 2.05) is 12.1 Å². The average Bonchev–Trinajstić information content (AvgIpc) is 2.39.